The summed E-state index contributed by atoms with van der Waals surface area (Å²) in [6, 6.07) is 0. The van der Waals surface area contributed by atoms with Gasteiger partial charge in [-0.2, -0.15) is 0 Å². The van der Waals surface area contributed by atoms with E-state index in [-0.39, 0.29) is 11.8 Å². The number of nitrogens with two attached hydrogens (primary N) is 1. The molecule has 1 amide bonds. The Bertz CT molecular complexity index is 471. The van der Waals surface area contributed by atoms with Gasteiger partial charge in [0, 0.05) is 6.42 Å². The molecule has 0 saturated heterocycles. The number of aromatic nitrogens is 1. The summed E-state index contributed by atoms with van der Waals surface area (Å²) in [6.45, 7) is 6.50. The first kappa shape index (κ1) is 16.6. The second-order valence-electron chi connectivity index (χ2n) is 4.87. The zero-order valence-corrected chi connectivity index (χ0v) is 12.9. The lowest BCUT2D eigenvalue weighted by Gasteiger charge is -2.05. The van der Waals surface area contributed by atoms with Crippen molar-refractivity contribution in [3.63, 3.8) is 0 Å². The van der Waals surface area contributed by atoms with Gasteiger partial charge in [0.2, 0.25) is 5.91 Å². The van der Waals surface area contributed by atoms with Gasteiger partial charge < -0.3 is 15.8 Å². The molecule has 1 heterocycles. The van der Waals surface area contributed by atoms with E-state index < -0.39 is 5.97 Å². The molecule has 0 unspecified atom stereocenters. The Hall–Kier alpha value is -1.47. The van der Waals surface area contributed by atoms with Crippen LogP contribution < -0.4 is 11.1 Å². The van der Waals surface area contributed by atoms with E-state index in [0.29, 0.717) is 41.7 Å². The minimum Gasteiger partial charge on any atom is -0.461 e. The maximum atomic E-state index is 11.9. The van der Waals surface area contributed by atoms with Crippen molar-refractivity contribution in [3.8, 4) is 0 Å². The molecule has 0 spiro atoms. The quantitative estimate of drug-likeness (QED) is 0.750. The van der Waals surface area contributed by atoms with E-state index >= 15 is 0 Å². The smallest absolute Gasteiger partial charge is 0.350 e. The van der Waals surface area contributed by atoms with Crippen molar-refractivity contribution in [2.24, 2.45) is 11.7 Å². The van der Waals surface area contributed by atoms with Gasteiger partial charge in [-0.25, -0.2) is 9.78 Å². The minimum atomic E-state index is -0.392. The molecule has 0 aromatic carbocycles. The van der Waals surface area contributed by atoms with E-state index in [4.69, 9.17) is 10.5 Å². The molecular weight excluding hydrogens is 278 g/mol. The van der Waals surface area contributed by atoms with E-state index in [1.165, 1.54) is 0 Å². The van der Waals surface area contributed by atoms with Crippen molar-refractivity contribution in [3.05, 3.63) is 10.6 Å². The van der Waals surface area contributed by atoms with Gasteiger partial charge in [0.15, 0.2) is 5.13 Å². The van der Waals surface area contributed by atoms with Crippen LogP contribution in [0.5, 0.6) is 0 Å². The van der Waals surface area contributed by atoms with Gasteiger partial charge >= 0.3 is 5.97 Å². The van der Waals surface area contributed by atoms with E-state index in [1.807, 2.05) is 13.8 Å². The molecule has 0 aliphatic carbocycles. The Kier molecular flexibility index (Phi) is 6.60. The Labute approximate surface area is 122 Å². The lowest BCUT2D eigenvalue weighted by Crippen LogP contribution is -2.13. The predicted octanol–water partition coefficient (Wildman–Crippen LogP) is 1.94. The Morgan fingerprint density at radius 2 is 2.15 bits per heavy atom. The number of rotatable bonds is 7. The Morgan fingerprint density at radius 1 is 1.45 bits per heavy atom. The summed E-state index contributed by atoms with van der Waals surface area (Å²) in [5.41, 5.74) is 5.91. The van der Waals surface area contributed by atoms with Gasteiger partial charge in [-0.15, -0.1) is 0 Å². The number of carbonyl (C=O) groups is 2. The monoisotopic (exact) mass is 299 g/mol. The molecular formula is C13H21N3O3S. The molecule has 0 saturated carbocycles. The molecule has 0 aliphatic rings. The van der Waals surface area contributed by atoms with Crippen LogP contribution in [0.2, 0.25) is 0 Å². The van der Waals surface area contributed by atoms with Crippen LogP contribution in [-0.2, 0) is 9.53 Å². The van der Waals surface area contributed by atoms with Crippen molar-refractivity contribution < 1.29 is 14.3 Å². The average Bonchev–Trinajstić information content (AvgIpc) is 2.74. The van der Waals surface area contributed by atoms with Crippen molar-refractivity contribution >= 4 is 28.3 Å². The summed E-state index contributed by atoms with van der Waals surface area (Å²) in [5.74, 6) is -0.259. The zero-order valence-electron chi connectivity index (χ0n) is 12.1. The molecule has 3 N–H and O–H groups in total. The second-order valence-corrected chi connectivity index (χ2v) is 5.87. The van der Waals surface area contributed by atoms with Crippen LogP contribution in [0.15, 0.2) is 0 Å². The predicted molar refractivity (Wildman–Crippen MR) is 78.9 cm³/mol. The first-order valence-electron chi connectivity index (χ1n) is 6.58. The van der Waals surface area contributed by atoms with Crippen LogP contribution >= 0.6 is 11.3 Å². The molecule has 6 nitrogen and oxygen atoms in total. The van der Waals surface area contributed by atoms with Gasteiger partial charge in [-0.1, -0.05) is 25.2 Å². The summed E-state index contributed by atoms with van der Waals surface area (Å²) in [4.78, 5) is 28.0. The van der Waals surface area contributed by atoms with Gasteiger partial charge in [0.1, 0.15) is 4.88 Å². The number of anilines is 1. The number of hydrogen-bond donors (Lipinski definition) is 2. The first-order chi connectivity index (χ1) is 9.43. The Morgan fingerprint density at radius 3 is 2.75 bits per heavy atom. The first-order valence-corrected chi connectivity index (χ1v) is 7.40. The third-order valence-electron chi connectivity index (χ3n) is 2.38. The second kappa shape index (κ2) is 7.96. The van der Waals surface area contributed by atoms with Crippen molar-refractivity contribution in [1.29, 1.82) is 0 Å². The molecule has 1 aromatic rings. The third kappa shape index (κ3) is 5.26. The highest BCUT2D eigenvalue weighted by Crippen LogP contribution is 2.23. The highest BCUT2D eigenvalue weighted by atomic mass is 32.1. The van der Waals surface area contributed by atoms with Gasteiger partial charge in [0.25, 0.3) is 0 Å². The van der Waals surface area contributed by atoms with Crippen LogP contribution in [0, 0.1) is 12.8 Å². The molecule has 1 aromatic heterocycles. The molecule has 0 atom stereocenters. The lowest BCUT2D eigenvalue weighted by molar-refractivity contribution is -0.116. The van der Waals surface area contributed by atoms with Gasteiger partial charge in [0.05, 0.1) is 12.3 Å². The fourth-order valence-electron chi connectivity index (χ4n) is 1.39. The largest absolute Gasteiger partial charge is 0.461 e. The minimum absolute atomic E-state index is 0.147. The number of nitrogens with one attached hydrogen (secondary N) is 1. The standard InChI is InChI=1S/C13H21N3O3S/c1-8(2)7-19-12(18)11-9(3)15-13(20-11)16-10(17)5-4-6-14/h8H,4-7,14H2,1-3H3,(H,15,16,17). The highest BCUT2D eigenvalue weighted by molar-refractivity contribution is 7.17. The van der Waals surface area contributed by atoms with Crippen LogP contribution in [0.1, 0.15) is 42.1 Å². The third-order valence-corrected chi connectivity index (χ3v) is 3.44. The van der Waals surface area contributed by atoms with E-state index in [0.717, 1.165) is 11.3 Å². The molecule has 20 heavy (non-hydrogen) atoms. The summed E-state index contributed by atoms with van der Waals surface area (Å²) >= 11 is 1.13. The van der Waals surface area contributed by atoms with Gasteiger partial charge in [-0.3, -0.25) is 4.79 Å². The van der Waals surface area contributed by atoms with E-state index in [1.54, 1.807) is 6.92 Å². The van der Waals surface area contributed by atoms with Crippen LogP contribution in [-0.4, -0.2) is 30.0 Å². The maximum absolute atomic E-state index is 11.9. The number of ether oxygens (including phenoxy) is 1. The summed E-state index contributed by atoms with van der Waals surface area (Å²) in [5, 5.41) is 3.08. The summed E-state index contributed by atoms with van der Waals surface area (Å²) in [6.07, 6.45) is 0.974. The zero-order chi connectivity index (χ0) is 15.1. The molecule has 0 radical (unpaired) electrons. The molecule has 112 valence electrons. The number of aryl methyl sites for hydroxylation is 1. The number of thiazole rings is 1. The highest BCUT2D eigenvalue weighted by Gasteiger charge is 2.18. The summed E-state index contributed by atoms with van der Waals surface area (Å²) in [7, 11) is 0. The summed E-state index contributed by atoms with van der Waals surface area (Å²) < 4.78 is 5.16. The van der Waals surface area contributed by atoms with Crippen LogP contribution in [0.25, 0.3) is 0 Å². The van der Waals surface area contributed by atoms with E-state index in [2.05, 4.69) is 10.3 Å². The topological polar surface area (TPSA) is 94.3 Å². The molecule has 1 rings (SSSR count). The fraction of sp³-hybridized carbons (Fsp3) is 0.615. The normalized spacial score (nSPS) is 10.7. The number of hydrogen-bond acceptors (Lipinski definition) is 6. The molecule has 0 aliphatic heterocycles. The maximum Gasteiger partial charge on any atom is 0.350 e. The number of nitrogens with zero attached hydrogens (tertiary/aromatic N) is 1. The number of esters is 1. The van der Waals surface area contributed by atoms with Crippen LogP contribution in [0.4, 0.5) is 5.13 Å². The molecule has 7 heteroatoms. The van der Waals surface area contributed by atoms with Crippen molar-refractivity contribution in [1.82, 2.24) is 4.98 Å². The molecule has 0 bridgehead atoms. The number of carbonyl (C=O) groups excluding carboxylic acids is 2. The Balaban J connectivity index is 2.62. The SMILES string of the molecule is Cc1nc(NC(=O)CCCN)sc1C(=O)OCC(C)C. The molecule has 0 fully saturated rings. The van der Waals surface area contributed by atoms with Crippen LogP contribution in [0.3, 0.4) is 0 Å². The number of amides is 1. The van der Waals surface area contributed by atoms with Crippen molar-refractivity contribution in [2.75, 3.05) is 18.5 Å². The van der Waals surface area contributed by atoms with Crippen molar-refractivity contribution in [2.45, 2.75) is 33.6 Å². The van der Waals surface area contributed by atoms with Gasteiger partial charge in [-0.05, 0) is 25.8 Å². The lowest BCUT2D eigenvalue weighted by atomic mass is 10.2. The fourth-order valence-corrected chi connectivity index (χ4v) is 2.27. The van der Waals surface area contributed by atoms with E-state index in [9.17, 15) is 9.59 Å². The average molecular weight is 299 g/mol.